The molecule has 2 rings (SSSR count). The number of hydrogen-bond donors (Lipinski definition) is 2. The molecule has 5 nitrogen and oxygen atoms in total. The molecule has 0 bridgehead atoms. The van der Waals surface area contributed by atoms with Crippen LogP contribution in [0.4, 0.5) is 0 Å². The number of carbonyl (C=O) groups is 2. The van der Waals surface area contributed by atoms with Gasteiger partial charge in [-0.3, -0.25) is 4.79 Å². The lowest BCUT2D eigenvalue weighted by atomic mass is 9.95. The number of ketones is 1. The van der Waals surface area contributed by atoms with Crippen LogP contribution in [0, 0.1) is 6.92 Å². The molecule has 2 N–H and O–H groups in total. The van der Waals surface area contributed by atoms with Crippen LogP contribution >= 0.6 is 11.8 Å². The van der Waals surface area contributed by atoms with Crippen molar-refractivity contribution in [1.82, 2.24) is 5.32 Å². The minimum atomic E-state index is -0.990. The molecule has 0 fully saturated rings. The molecule has 6 heteroatoms. The molecule has 116 valence electrons. The summed E-state index contributed by atoms with van der Waals surface area (Å²) in [6.45, 7) is 5.19. The van der Waals surface area contributed by atoms with Gasteiger partial charge in [0.05, 0.1) is 11.3 Å². The highest BCUT2D eigenvalue weighted by Crippen LogP contribution is 2.32. The molecule has 1 atom stereocenters. The third-order valence-corrected chi connectivity index (χ3v) is 4.25. The number of nitrogens with zero attached hydrogens (tertiary/aromatic N) is 1. The van der Waals surface area contributed by atoms with E-state index in [0.717, 1.165) is 11.1 Å². The van der Waals surface area contributed by atoms with Crippen molar-refractivity contribution in [3.63, 3.8) is 0 Å². The number of nitrogens with one attached hydrogen (secondary N) is 1. The second-order valence-electron chi connectivity index (χ2n) is 5.21. The maximum absolute atomic E-state index is 11.6. The normalized spacial score (nSPS) is 17.8. The predicted molar refractivity (Wildman–Crippen MR) is 88.0 cm³/mol. The van der Waals surface area contributed by atoms with E-state index in [4.69, 9.17) is 0 Å². The highest BCUT2D eigenvalue weighted by atomic mass is 32.2. The van der Waals surface area contributed by atoms with Crippen LogP contribution in [0.25, 0.3) is 0 Å². The standard InChI is InChI=1S/C16H18N2O3S/c1-9-5-4-6-12(7-9)14-13(15(20)21)11(3)17-16(18-14)22-8-10(2)19/h4-7,14H,8H2,1-3H3,(H,17,18)(H,20,21). The fourth-order valence-electron chi connectivity index (χ4n) is 2.25. The minimum absolute atomic E-state index is 0.0484. The minimum Gasteiger partial charge on any atom is -0.478 e. The number of carboxylic acid groups (broad SMARTS) is 1. The van der Waals surface area contributed by atoms with Gasteiger partial charge in [0, 0.05) is 5.70 Å². The Hall–Kier alpha value is -2.08. The summed E-state index contributed by atoms with van der Waals surface area (Å²) < 4.78 is 0. The van der Waals surface area contributed by atoms with E-state index in [2.05, 4.69) is 10.3 Å². The lowest BCUT2D eigenvalue weighted by molar-refractivity contribution is -0.133. The zero-order valence-electron chi connectivity index (χ0n) is 12.7. The van der Waals surface area contributed by atoms with Gasteiger partial charge in [-0.05, 0) is 26.3 Å². The Morgan fingerprint density at radius 3 is 2.68 bits per heavy atom. The fraction of sp³-hybridized carbons (Fsp3) is 0.312. The first kappa shape index (κ1) is 16.3. The Morgan fingerprint density at radius 2 is 2.09 bits per heavy atom. The molecule has 1 unspecified atom stereocenters. The molecule has 0 radical (unpaired) electrons. The molecule has 1 aromatic carbocycles. The lowest BCUT2D eigenvalue weighted by Gasteiger charge is -2.24. The number of rotatable bonds is 4. The first-order valence-corrected chi connectivity index (χ1v) is 7.84. The molecule has 22 heavy (non-hydrogen) atoms. The molecule has 1 aliphatic rings. The third-order valence-electron chi connectivity index (χ3n) is 3.22. The van der Waals surface area contributed by atoms with E-state index >= 15 is 0 Å². The maximum atomic E-state index is 11.6. The average molecular weight is 318 g/mol. The number of benzene rings is 1. The largest absolute Gasteiger partial charge is 0.478 e. The van der Waals surface area contributed by atoms with Crippen molar-refractivity contribution in [2.75, 3.05) is 5.75 Å². The number of amidine groups is 1. The van der Waals surface area contributed by atoms with Crippen molar-refractivity contribution in [3.8, 4) is 0 Å². The van der Waals surface area contributed by atoms with Gasteiger partial charge in [-0.25, -0.2) is 9.79 Å². The number of hydrogen-bond acceptors (Lipinski definition) is 5. The molecule has 0 saturated heterocycles. The summed E-state index contributed by atoms with van der Waals surface area (Å²) in [5, 5.41) is 13.0. The number of carboxylic acids is 1. The highest BCUT2D eigenvalue weighted by Gasteiger charge is 2.29. The highest BCUT2D eigenvalue weighted by molar-refractivity contribution is 8.14. The molecule has 0 aromatic heterocycles. The summed E-state index contributed by atoms with van der Waals surface area (Å²) in [6.07, 6.45) is 0. The van der Waals surface area contributed by atoms with Gasteiger partial charge in [0.1, 0.15) is 11.8 Å². The topological polar surface area (TPSA) is 78.8 Å². The summed E-state index contributed by atoms with van der Waals surface area (Å²) in [5.74, 6) is -0.634. The predicted octanol–water partition coefficient (Wildman–Crippen LogP) is 2.68. The third kappa shape index (κ3) is 3.76. The van der Waals surface area contributed by atoms with E-state index in [1.165, 1.54) is 18.7 Å². The Bertz CT molecular complexity index is 680. The average Bonchev–Trinajstić information content (AvgIpc) is 2.44. The van der Waals surface area contributed by atoms with E-state index in [1.807, 2.05) is 31.2 Å². The molecule has 1 aromatic rings. The summed E-state index contributed by atoms with van der Waals surface area (Å²) in [4.78, 5) is 27.2. The summed E-state index contributed by atoms with van der Waals surface area (Å²) in [6, 6.07) is 7.09. The molecule has 1 aliphatic heterocycles. The molecule has 0 amide bonds. The maximum Gasteiger partial charge on any atom is 0.335 e. The number of thioether (sulfide) groups is 1. The number of aliphatic carboxylic acids is 1. The first-order valence-electron chi connectivity index (χ1n) is 6.86. The van der Waals surface area contributed by atoms with Gasteiger partial charge < -0.3 is 10.4 Å². The van der Waals surface area contributed by atoms with Crippen molar-refractivity contribution in [2.45, 2.75) is 26.8 Å². The summed E-state index contributed by atoms with van der Waals surface area (Å²) >= 11 is 1.29. The Balaban J connectivity index is 2.40. The Kier molecular flexibility index (Phi) is 5.03. The number of carbonyl (C=O) groups excluding carboxylic acids is 1. The SMILES string of the molecule is CC(=O)CSC1=NC(c2cccc(C)c2)C(C(=O)O)=C(C)N1. The quantitative estimate of drug-likeness (QED) is 0.892. The van der Waals surface area contributed by atoms with Crippen molar-refractivity contribution in [3.05, 3.63) is 46.7 Å². The molecule has 0 aliphatic carbocycles. The Morgan fingerprint density at radius 1 is 1.36 bits per heavy atom. The van der Waals surface area contributed by atoms with Gasteiger partial charge in [0.2, 0.25) is 0 Å². The van der Waals surface area contributed by atoms with Crippen molar-refractivity contribution < 1.29 is 14.7 Å². The van der Waals surface area contributed by atoms with Gasteiger partial charge in [-0.1, -0.05) is 41.6 Å². The zero-order chi connectivity index (χ0) is 16.3. The van der Waals surface area contributed by atoms with Crippen LogP contribution in [0.3, 0.4) is 0 Å². The van der Waals surface area contributed by atoms with Gasteiger partial charge in [0.25, 0.3) is 0 Å². The van der Waals surface area contributed by atoms with E-state index < -0.39 is 12.0 Å². The van der Waals surface area contributed by atoms with Gasteiger partial charge >= 0.3 is 5.97 Å². The van der Waals surface area contributed by atoms with Gasteiger partial charge in [-0.15, -0.1) is 0 Å². The van der Waals surface area contributed by atoms with E-state index in [1.54, 1.807) is 6.92 Å². The van der Waals surface area contributed by atoms with Crippen LogP contribution in [0.2, 0.25) is 0 Å². The summed E-state index contributed by atoms with van der Waals surface area (Å²) in [5.41, 5.74) is 2.67. The Labute approximate surface area is 133 Å². The molecule has 0 saturated carbocycles. The summed E-state index contributed by atoms with van der Waals surface area (Å²) in [7, 11) is 0. The van der Waals surface area contributed by atoms with Gasteiger partial charge in [-0.2, -0.15) is 0 Å². The number of Topliss-reactive ketones (excluding diaryl/α,β-unsaturated/α-hetero) is 1. The second-order valence-corrected chi connectivity index (χ2v) is 6.17. The van der Waals surface area contributed by atoms with E-state index in [9.17, 15) is 14.7 Å². The van der Waals surface area contributed by atoms with Crippen molar-refractivity contribution >= 4 is 28.7 Å². The molecule has 1 heterocycles. The first-order chi connectivity index (χ1) is 10.4. The van der Waals surface area contributed by atoms with Crippen LogP contribution in [0.5, 0.6) is 0 Å². The molecular formula is C16H18N2O3S. The zero-order valence-corrected chi connectivity index (χ0v) is 13.5. The smallest absolute Gasteiger partial charge is 0.335 e. The van der Waals surface area contributed by atoms with Crippen LogP contribution in [-0.2, 0) is 9.59 Å². The molecular weight excluding hydrogens is 300 g/mol. The number of aryl methyl sites for hydroxylation is 1. The van der Waals surface area contributed by atoms with Crippen LogP contribution in [-0.4, -0.2) is 27.8 Å². The fourth-order valence-corrected chi connectivity index (χ4v) is 2.99. The second kappa shape index (κ2) is 6.79. The van der Waals surface area contributed by atoms with Crippen molar-refractivity contribution in [2.24, 2.45) is 4.99 Å². The van der Waals surface area contributed by atoms with Crippen LogP contribution in [0.1, 0.15) is 31.0 Å². The number of aliphatic imine (C=N–C) groups is 1. The molecule has 0 spiro atoms. The van der Waals surface area contributed by atoms with Crippen molar-refractivity contribution in [1.29, 1.82) is 0 Å². The monoisotopic (exact) mass is 318 g/mol. The van der Waals surface area contributed by atoms with Crippen LogP contribution in [0.15, 0.2) is 40.5 Å². The van der Waals surface area contributed by atoms with E-state index in [-0.39, 0.29) is 11.4 Å². The number of allylic oxidation sites excluding steroid dienone is 1. The lowest BCUT2D eigenvalue weighted by Crippen LogP contribution is -2.30. The van der Waals surface area contributed by atoms with E-state index in [0.29, 0.717) is 16.6 Å². The van der Waals surface area contributed by atoms with Gasteiger partial charge in [0.15, 0.2) is 5.17 Å². The van der Waals surface area contributed by atoms with Crippen LogP contribution < -0.4 is 5.32 Å².